The smallest absolute Gasteiger partial charge is 0.326 e. The molecule has 0 unspecified atom stereocenters. The fraction of sp³-hybridized carbons (Fsp3) is 0.500. The number of ketones is 1. The SMILES string of the molecule is CN1/C(=C\C(=O)COC(=O)CN2C(=O)[C@H]3CCCC[C@H]3C2=O)C(C)(C)c2ccccc21. The lowest BCUT2D eigenvalue weighted by molar-refractivity contribution is -0.154. The standard InChI is InChI=1S/C24H28N2O5/c1-24(2)18-10-6-7-11-19(18)25(3)20(24)12-15(27)14-31-21(28)13-26-22(29)16-8-4-5-9-17(16)23(26)30/h6-7,10-12,16-17H,4-5,8-9,13-14H2,1-3H3/b20-12-/t16-,17+. The molecule has 2 amide bonds. The third-order valence-electron chi connectivity index (χ3n) is 6.83. The molecule has 2 aliphatic heterocycles. The van der Waals surface area contributed by atoms with Crippen LogP contribution in [0.5, 0.6) is 0 Å². The molecule has 0 N–H and O–H groups in total. The van der Waals surface area contributed by atoms with Crippen LogP contribution in [0.2, 0.25) is 0 Å². The number of imide groups is 1. The van der Waals surface area contributed by atoms with Crippen molar-refractivity contribution >= 4 is 29.3 Å². The van der Waals surface area contributed by atoms with E-state index in [1.54, 1.807) is 0 Å². The Balaban J connectivity index is 1.37. The van der Waals surface area contributed by atoms with Gasteiger partial charge in [0, 0.05) is 29.9 Å². The van der Waals surface area contributed by atoms with Gasteiger partial charge in [0.05, 0.1) is 11.8 Å². The van der Waals surface area contributed by atoms with Crippen LogP contribution in [-0.2, 0) is 29.3 Å². The van der Waals surface area contributed by atoms with Crippen LogP contribution in [0.4, 0.5) is 5.69 Å². The quantitative estimate of drug-likeness (QED) is 0.410. The number of hydrogen-bond acceptors (Lipinski definition) is 6. The minimum atomic E-state index is -0.741. The number of fused-ring (bicyclic) bond motifs is 2. The first kappa shape index (κ1) is 21.3. The first-order valence-electron chi connectivity index (χ1n) is 10.8. The minimum Gasteiger partial charge on any atom is -0.456 e. The van der Waals surface area contributed by atoms with E-state index in [0.717, 1.165) is 34.7 Å². The van der Waals surface area contributed by atoms with Crippen molar-refractivity contribution in [2.24, 2.45) is 11.8 Å². The van der Waals surface area contributed by atoms with Gasteiger partial charge in [-0.05, 0) is 24.5 Å². The molecule has 0 bridgehead atoms. The van der Waals surface area contributed by atoms with Gasteiger partial charge in [-0.15, -0.1) is 0 Å². The molecular formula is C24H28N2O5. The zero-order chi connectivity index (χ0) is 22.3. The normalized spacial score (nSPS) is 25.6. The Morgan fingerprint density at radius 1 is 1.10 bits per heavy atom. The van der Waals surface area contributed by atoms with Crippen LogP contribution in [0.25, 0.3) is 0 Å². The van der Waals surface area contributed by atoms with E-state index < -0.39 is 19.1 Å². The van der Waals surface area contributed by atoms with Gasteiger partial charge >= 0.3 is 5.97 Å². The van der Waals surface area contributed by atoms with Crippen molar-refractivity contribution in [3.05, 3.63) is 41.6 Å². The molecule has 1 aromatic carbocycles. The third-order valence-corrected chi connectivity index (χ3v) is 6.83. The molecule has 2 heterocycles. The van der Waals surface area contributed by atoms with Gasteiger partial charge in [-0.2, -0.15) is 0 Å². The van der Waals surface area contributed by atoms with Crippen LogP contribution in [0.1, 0.15) is 45.1 Å². The lowest BCUT2D eigenvalue weighted by Gasteiger charge is -2.23. The van der Waals surface area contributed by atoms with Crippen molar-refractivity contribution in [2.75, 3.05) is 25.1 Å². The van der Waals surface area contributed by atoms with Gasteiger partial charge < -0.3 is 9.64 Å². The second-order valence-electron chi connectivity index (χ2n) is 9.12. The monoisotopic (exact) mass is 424 g/mol. The Morgan fingerprint density at radius 2 is 1.71 bits per heavy atom. The van der Waals surface area contributed by atoms with E-state index in [-0.39, 0.29) is 34.8 Å². The Morgan fingerprint density at radius 3 is 2.32 bits per heavy atom. The van der Waals surface area contributed by atoms with Gasteiger partial charge in [0.1, 0.15) is 6.54 Å². The molecule has 2 atom stereocenters. The molecule has 3 aliphatic rings. The predicted molar refractivity (Wildman–Crippen MR) is 114 cm³/mol. The van der Waals surface area contributed by atoms with Crippen LogP contribution in [0.3, 0.4) is 0 Å². The number of anilines is 1. The van der Waals surface area contributed by atoms with Gasteiger partial charge in [-0.3, -0.25) is 24.1 Å². The zero-order valence-corrected chi connectivity index (χ0v) is 18.2. The molecule has 1 saturated heterocycles. The summed E-state index contributed by atoms with van der Waals surface area (Å²) in [5.74, 6) is -2.26. The average Bonchev–Trinajstić information content (AvgIpc) is 3.11. The fourth-order valence-electron chi connectivity index (χ4n) is 5.17. The second-order valence-corrected chi connectivity index (χ2v) is 9.12. The summed E-state index contributed by atoms with van der Waals surface area (Å²) in [7, 11) is 1.91. The molecule has 7 heteroatoms. The summed E-state index contributed by atoms with van der Waals surface area (Å²) in [4.78, 5) is 52.7. The highest BCUT2D eigenvalue weighted by Crippen LogP contribution is 2.46. The summed E-state index contributed by atoms with van der Waals surface area (Å²) >= 11 is 0. The van der Waals surface area contributed by atoms with E-state index in [9.17, 15) is 19.2 Å². The number of likely N-dealkylation sites (tertiary alicyclic amines) is 1. The van der Waals surface area contributed by atoms with Gasteiger partial charge in [0.15, 0.2) is 12.4 Å². The van der Waals surface area contributed by atoms with Crippen LogP contribution in [-0.4, -0.2) is 48.7 Å². The number of likely N-dealkylation sites (N-methyl/N-ethyl adjacent to an activating group) is 1. The first-order valence-corrected chi connectivity index (χ1v) is 10.8. The van der Waals surface area contributed by atoms with E-state index in [2.05, 4.69) is 0 Å². The van der Waals surface area contributed by atoms with Crippen molar-refractivity contribution in [3.8, 4) is 0 Å². The molecule has 1 aliphatic carbocycles. The number of carbonyl (C=O) groups excluding carboxylic acids is 4. The number of rotatable bonds is 5. The van der Waals surface area contributed by atoms with Crippen molar-refractivity contribution < 1.29 is 23.9 Å². The summed E-state index contributed by atoms with van der Waals surface area (Å²) in [6, 6.07) is 7.97. The number of amides is 2. The van der Waals surface area contributed by atoms with Crippen molar-refractivity contribution in [2.45, 2.75) is 44.9 Å². The number of benzene rings is 1. The van der Waals surface area contributed by atoms with Crippen molar-refractivity contribution in [1.29, 1.82) is 0 Å². The first-order chi connectivity index (χ1) is 14.7. The molecule has 2 fully saturated rings. The maximum absolute atomic E-state index is 12.5. The highest BCUT2D eigenvalue weighted by atomic mass is 16.5. The Bertz CT molecular complexity index is 956. The Kier molecular flexibility index (Phi) is 5.45. The van der Waals surface area contributed by atoms with Crippen molar-refractivity contribution in [1.82, 2.24) is 4.90 Å². The van der Waals surface area contributed by atoms with Gasteiger partial charge in [-0.25, -0.2) is 0 Å². The van der Waals surface area contributed by atoms with E-state index >= 15 is 0 Å². The van der Waals surface area contributed by atoms with E-state index in [4.69, 9.17) is 4.74 Å². The summed E-state index contributed by atoms with van der Waals surface area (Å²) in [6.45, 7) is 3.24. The van der Waals surface area contributed by atoms with E-state index in [1.165, 1.54) is 6.08 Å². The van der Waals surface area contributed by atoms with E-state index in [0.29, 0.717) is 12.8 Å². The number of carbonyl (C=O) groups is 4. The topological polar surface area (TPSA) is 84.0 Å². The highest BCUT2D eigenvalue weighted by molar-refractivity contribution is 6.07. The zero-order valence-electron chi connectivity index (χ0n) is 18.2. The largest absolute Gasteiger partial charge is 0.456 e. The van der Waals surface area contributed by atoms with Gasteiger partial charge in [0.2, 0.25) is 11.8 Å². The summed E-state index contributed by atoms with van der Waals surface area (Å²) in [6.07, 6.45) is 4.75. The lowest BCUT2D eigenvalue weighted by atomic mass is 9.81. The van der Waals surface area contributed by atoms with Crippen LogP contribution < -0.4 is 4.90 Å². The number of para-hydroxylation sites is 1. The number of ether oxygens (including phenoxy) is 1. The molecule has 0 aromatic heterocycles. The Labute approximate surface area is 182 Å². The second kappa shape index (κ2) is 7.94. The molecule has 0 radical (unpaired) electrons. The molecule has 1 aromatic rings. The third kappa shape index (κ3) is 3.66. The number of esters is 1. The molecule has 164 valence electrons. The summed E-state index contributed by atoms with van der Waals surface area (Å²) in [5.41, 5.74) is 2.64. The van der Waals surface area contributed by atoms with Gasteiger partial charge in [0.25, 0.3) is 0 Å². The summed E-state index contributed by atoms with van der Waals surface area (Å²) in [5, 5.41) is 0. The molecule has 0 spiro atoms. The van der Waals surface area contributed by atoms with Crippen molar-refractivity contribution in [3.63, 3.8) is 0 Å². The van der Waals surface area contributed by atoms with Gasteiger partial charge in [-0.1, -0.05) is 44.9 Å². The predicted octanol–water partition coefficient (Wildman–Crippen LogP) is 2.59. The van der Waals surface area contributed by atoms with Crippen LogP contribution in [0.15, 0.2) is 36.0 Å². The van der Waals surface area contributed by atoms with Crippen LogP contribution in [0, 0.1) is 11.8 Å². The number of nitrogens with zero attached hydrogens (tertiary/aromatic N) is 2. The molecule has 4 rings (SSSR count). The molecular weight excluding hydrogens is 396 g/mol. The maximum atomic E-state index is 12.5. The minimum absolute atomic E-state index is 0.285. The fourth-order valence-corrected chi connectivity index (χ4v) is 5.17. The number of hydrogen-bond donors (Lipinski definition) is 0. The number of allylic oxidation sites excluding steroid dienone is 1. The molecule has 1 saturated carbocycles. The molecule has 31 heavy (non-hydrogen) atoms. The highest BCUT2D eigenvalue weighted by Gasteiger charge is 2.48. The van der Waals surface area contributed by atoms with E-state index in [1.807, 2.05) is 50.1 Å². The maximum Gasteiger partial charge on any atom is 0.326 e. The Hall–Kier alpha value is -2.96. The molecule has 7 nitrogen and oxygen atoms in total. The lowest BCUT2D eigenvalue weighted by Crippen LogP contribution is -2.37. The average molecular weight is 424 g/mol. The van der Waals surface area contributed by atoms with Crippen LogP contribution >= 0.6 is 0 Å². The summed E-state index contributed by atoms with van der Waals surface area (Å²) < 4.78 is 5.11.